The van der Waals surface area contributed by atoms with Crippen LogP contribution in [0, 0.1) is 0 Å². The molecule has 9 nitrogen and oxygen atoms in total. The highest BCUT2D eigenvalue weighted by atomic mass is 32.1. The predicted octanol–water partition coefficient (Wildman–Crippen LogP) is 10.6. The van der Waals surface area contributed by atoms with Crippen LogP contribution in [0.25, 0.3) is 40.9 Å². The largest absolute Gasteiger partial charge is 0.378 e. The third-order valence-electron chi connectivity index (χ3n) is 12.1. The summed E-state index contributed by atoms with van der Waals surface area (Å²) in [6.07, 6.45) is 19.1. The lowest BCUT2D eigenvalue weighted by Crippen LogP contribution is -2.09. The third kappa shape index (κ3) is 7.28. The van der Waals surface area contributed by atoms with Crippen LogP contribution in [0.2, 0.25) is 0 Å². The van der Waals surface area contributed by atoms with E-state index in [1.54, 1.807) is 35.3 Å². The topological polar surface area (TPSA) is 105 Å². The molecule has 7 aromatic heterocycles. The molecule has 0 radical (unpaired) electrons. The van der Waals surface area contributed by atoms with Gasteiger partial charge >= 0.3 is 0 Å². The zero-order chi connectivity index (χ0) is 39.0. The third-order valence-corrected chi connectivity index (χ3v) is 15.2. The summed E-state index contributed by atoms with van der Waals surface area (Å²) >= 11 is 5.33. The first-order valence-electron chi connectivity index (χ1n) is 21.0. The first kappa shape index (κ1) is 37.5. The molecule has 58 heavy (non-hydrogen) atoms. The number of nitrogens with one attached hydrogen (secondary N) is 2. The number of hydrogen-bond donors (Lipinski definition) is 2. The van der Waals surface area contributed by atoms with E-state index in [9.17, 15) is 0 Å². The van der Waals surface area contributed by atoms with Crippen molar-refractivity contribution >= 4 is 92.2 Å². The minimum absolute atomic E-state index is 0.821. The number of anilines is 3. The van der Waals surface area contributed by atoms with Crippen molar-refractivity contribution in [2.24, 2.45) is 0 Å². The summed E-state index contributed by atoms with van der Waals surface area (Å²) < 4.78 is 2.27. The molecule has 0 aliphatic heterocycles. The van der Waals surface area contributed by atoms with Crippen molar-refractivity contribution in [3.8, 4) is 0 Å². The number of hydrogen-bond acceptors (Lipinski definition) is 12. The van der Waals surface area contributed by atoms with Crippen LogP contribution < -0.4 is 15.5 Å². The van der Waals surface area contributed by atoms with Gasteiger partial charge in [0.05, 0.1) is 20.4 Å². The molecule has 0 atom stereocenters. The second kappa shape index (κ2) is 16.5. The Balaban J connectivity index is 0.788. The average molecular weight is 824 g/mol. The molecule has 2 N–H and O–H groups in total. The Morgan fingerprint density at radius 2 is 1.16 bits per heavy atom. The van der Waals surface area contributed by atoms with Crippen molar-refractivity contribution in [1.29, 1.82) is 0 Å². The van der Waals surface area contributed by atoms with Gasteiger partial charge in [0.25, 0.3) is 0 Å². The molecule has 1 aromatic carbocycles. The smallest absolute Gasteiger partial charge is 0.147 e. The maximum absolute atomic E-state index is 5.36. The highest BCUT2D eigenvalue weighted by Gasteiger charge is 2.26. The molecule has 2 aliphatic rings. The Bertz CT molecular complexity index is 2730. The van der Waals surface area contributed by atoms with Gasteiger partial charge in [0.15, 0.2) is 0 Å². The molecule has 0 saturated heterocycles. The van der Waals surface area contributed by atoms with Gasteiger partial charge in [-0.15, -0.1) is 34.0 Å². The van der Waals surface area contributed by atoms with E-state index in [0.29, 0.717) is 0 Å². The Labute approximate surface area is 351 Å². The fourth-order valence-corrected chi connectivity index (χ4v) is 12.2. The molecule has 0 spiro atoms. The van der Waals surface area contributed by atoms with E-state index in [1.165, 1.54) is 99.1 Å². The Morgan fingerprint density at radius 1 is 0.603 bits per heavy atom. The van der Waals surface area contributed by atoms with Gasteiger partial charge in [-0.3, -0.25) is 0 Å². The Hall–Kier alpha value is -4.78. The summed E-state index contributed by atoms with van der Waals surface area (Å²) in [5.41, 5.74) is 13.3. The maximum atomic E-state index is 5.36. The van der Waals surface area contributed by atoms with Crippen molar-refractivity contribution in [1.82, 2.24) is 29.9 Å². The van der Waals surface area contributed by atoms with Crippen LogP contribution >= 0.6 is 34.0 Å². The molecule has 0 saturated carbocycles. The van der Waals surface area contributed by atoms with Crippen molar-refractivity contribution in [2.45, 2.75) is 89.9 Å². The molecule has 296 valence electrons. The van der Waals surface area contributed by atoms with E-state index in [0.717, 1.165) is 106 Å². The van der Waals surface area contributed by atoms with Gasteiger partial charge in [-0.25, -0.2) is 29.9 Å². The molecule has 0 unspecified atom stereocenters. The number of aromatic nitrogens is 6. The van der Waals surface area contributed by atoms with Gasteiger partial charge < -0.3 is 15.5 Å². The van der Waals surface area contributed by atoms with Crippen molar-refractivity contribution in [2.75, 3.05) is 42.7 Å². The van der Waals surface area contributed by atoms with Crippen molar-refractivity contribution in [3.05, 3.63) is 98.5 Å². The molecular formula is C46H49N9S3. The van der Waals surface area contributed by atoms with E-state index in [2.05, 4.69) is 76.4 Å². The highest BCUT2D eigenvalue weighted by molar-refractivity contribution is 7.26. The van der Waals surface area contributed by atoms with E-state index >= 15 is 0 Å². The van der Waals surface area contributed by atoms with E-state index < -0.39 is 0 Å². The number of aryl methyl sites for hydroxylation is 4. The quantitative estimate of drug-likeness (QED) is 0.0922. The lowest BCUT2D eigenvalue weighted by atomic mass is 9.99. The van der Waals surface area contributed by atoms with Gasteiger partial charge in [-0.2, -0.15) is 0 Å². The number of benzene rings is 1. The molecule has 0 fully saturated rings. The number of fused-ring (bicyclic) bond motifs is 10. The monoisotopic (exact) mass is 823 g/mol. The molecule has 0 bridgehead atoms. The molecule has 8 aromatic rings. The van der Waals surface area contributed by atoms with Gasteiger partial charge in [-0.05, 0) is 128 Å². The van der Waals surface area contributed by atoms with Crippen LogP contribution in [0.4, 0.5) is 17.3 Å². The van der Waals surface area contributed by atoms with Crippen LogP contribution in [0.3, 0.4) is 0 Å². The van der Waals surface area contributed by atoms with Crippen LogP contribution in [0.15, 0.2) is 54.4 Å². The second-order valence-corrected chi connectivity index (χ2v) is 19.0. The SMILES string of the molecule is CN(C)c1ccc(CCNc2ncnc3c2sc2nc(CCCCCCc4nc5sc6c(NCCc7cccs7)ncnc6c5c5c4CCC5)c4c(c23)CCC4)cc1. The summed E-state index contributed by atoms with van der Waals surface area (Å²) in [7, 11) is 4.15. The summed E-state index contributed by atoms with van der Waals surface area (Å²) in [6.45, 7) is 1.68. The van der Waals surface area contributed by atoms with Crippen molar-refractivity contribution < 1.29 is 0 Å². The van der Waals surface area contributed by atoms with Crippen molar-refractivity contribution in [3.63, 3.8) is 0 Å². The summed E-state index contributed by atoms with van der Waals surface area (Å²) in [6, 6.07) is 13.1. The van der Waals surface area contributed by atoms with Gasteiger partial charge in [0, 0.05) is 59.9 Å². The Kier molecular flexibility index (Phi) is 10.6. The normalized spacial score (nSPS) is 13.6. The number of rotatable bonds is 16. The van der Waals surface area contributed by atoms with E-state index in [1.807, 2.05) is 11.3 Å². The van der Waals surface area contributed by atoms with Crippen LogP contribution in [-0.4, -0.2) is 57.1 Å². The fourth-order valence-electron chi connectivity index (χ4n) is 9.20. The number of thiophene rings is 3. The van der Waals surface area contributed by atoms with Crippen LogP contribution in [-0.2, 0) is 51.4 Å². The highest BCUT2D eigenvalue weighted by Crippen LogP contribution is 2.43. The van der Waals surface area contributed by atoms with Crippen LogP contribution in [0.5, 0.6) is 0 Å². The van der Waals surface area contributed by atoms with Gasteiger partial charge in [0.1, 0.15) is 34.0 Å². The van der Waals surface area contributed by atoms with E-state index in [-0.39, 0.29) is 0 Å². The fraction of sp³-hybridized carbons (Fsp3) is 0.391. The molecule has 7 heterocycles. The summed E-state index contributed by atoms with van der Waals surface area (Å²) in [5.74, 6) is 1.86. The minimum atomic E-state index is 0.821. The maximum Gasteiger partial charge on any atom is 0.147 e. The molecule has 12 heteroatoms. The number of nitrogens with zero attached hydrogens (tertiary/aromatic N) is 7. The minimum Gasteiger partial charge on any atom is -0.378 e. The first-order chi connectivity index (χ1) is 28.6. The molecule has 2 aliphatic carbocycles. The van der Waals surface area contributed by atoms with Crippen LogP contribution in [0.1, 0.15) is 82.6 Å². The molecule has 10 rings (SSSR count). The predicted molar refractivity (Wildman–Crippen MR) is 245 cm³/mol. The molecule has 0 amide bonds. The second-order valence-electron chi connectivity index (χ2n) is 16.0. The zero-order valence-electron chi connectivity index (χ0n) is 33.4. The number of unbranched alkanes of at least 4 members (excludes halogenated alkanes) is 3. The summed E-state index contributed by atoms with van der Waals surface area (Å²) in [4.78, 5) is 35.5. The van der Waals surface area contributed by atoms with Gasteiger partial charge in [0.2, 0.25) is 0 Å². The molecular weight excluding hydrogens is 775 g/mol. The lowest BCUT2D eigenvalue weighted by molar-refractivity contribution is 0.629. The first-order valence-corrected chi connectivity index (χ1v) is 23.5. The zero-order valence-corrected chi connectivity index (χ0v) is 35.8. The van der Waals surface area contributed by atoms with E-state index in [4.69, 9.17) is 24.9 Å². The standard InChI is InChI=1S/C46H49N9S3/c1-55(2)29-19-17-28(18-20-29)21-23-47-43-41-39(49-26-51-43)37-33-13-7-11-31(33)35(53-45(37)57-41)15-5-3-4-6-16-36-32-12-8-14-34(32)38-40-42(58-46(38)54-36)44(52-27-50-40)48-24-22-30-10-9-25-56-30/h9-10,17-20,25-27H,3-8,11-16,21-24H2,1-2H3,(H,47,49,51)(H,48,50,52). The van der Waals surface area contributed by atoms with Gasteiger partial charge in [-0.1, -0.05) is 31.0 Å². The lowest BCUT2D eigenvalue weighted by Gasteiger charge is -2.13. The number of pyridine rings is 2. The Morgan fingerprint density at radius 3 is 1.69 bits per heavy atom. The summed E-state index contributed by atoms with van der Waals surface area (Å²) in [5, 5.41) is 11.9. The average Bonchev–Trinajstić information content (AvgIpc) is 4.09.